The quantitative estimate of drug-likeness (QED) is 0.899. The molecule has 1 aromatic rings. The second kappa shape index (κ2) is 6.62. The van der Waals surface area contributed by atoms with Crippen molar-refractivity contribution in [1.82, 2.24) is 9.62 Å². The van der Waals surface area contributed by atoms with Crippen molar-refractivity contribution >= 4 is 15.9 Å². The Kier molecular flexibility index (Phi) is 5.03. The van der Waals surface area contributed by atoms with Crippen molar-refractivity contribution < 1.29 is 13.2 Å². The van der Waals surface area contributed by atoms with Crippen molar-refractivity contribution in [2.75, 3.05) is 19.6 Å². The number of hydrogen-bond donors (Lipinski definition) is 1. The van der Waals surface area contributed by atoms with Gasteiger partial charge < -0.3 is 4.90 Å². The van der Waals surface area contributed by atoms with Crippen molar-refractivity contribution in [1.29, 1.82) is 0 Å². The van der Waals surface area contributed by atoms with E-state index in [0.717, 1.165) is 23.0 Å². The van der Waals surface area contributed by atoms with Gasteiger partial charge in [0.15, 0.2) is 0 Å². The molecule has 6 heteroatoms. The highest BCUT2D eigenvalue weighted by Crippen LogP contribution is 2.19. The Morgan fingerprint density at radius 1 is 1.36 bits per heavy atom. The van der Waals surface area contributed by atoms with Gasteiger partial charge in [-0.1, -0.05) is 23.8 Å². The lowest BCUT2D eigenvalue weighted by Gasteiger charge is -2.17. The number of nitrogens with zero attached hydrogens (tertiary/aromatic N) is 1. The second-order valence-corrected chi connectivity index (χ2v) is 7.55. The molecule has 0 radical (unpaired) electrons. The van der Waals surface area contributed by atoms with E-state index in [1.54, 1.807) is 4.90 Å². The fraction of sp³-hybridized carbons (Fsp3) is 0.438. The minimum atomic E-state index is -3.40. The number of hydrogen-bond acceptors (Lipinski definition) is 3. The van der Waals surface area contributed by atoms with E-state index >= 15 is 0 Å². The first-order chi connectivity index (χ1) is 10.3. The SMILES string of the molecule is C=CS(=O)(=O)NC[C@H]1CCN(C(=O)c2cc(C)cc(C)c2)C1. The monoisotopic (exact) mass is 322 g/mol. The number of sulfonamides is 1. The molecule has 0 bridgehead atoms. The second-order valence-electron chi connectivity index (χ2n) is 5.84. The van der Waals surface area contributed by atoms with Crippen molar-refractivity contribution in [2.24, 2.45) is 5.92 Å². The number of rotatable bonds is 5. The molecule has 1 atom stereocenters. The number of amides is 1. The van der Waals surface area contributed by atoms with Gasteiger partial charge in [-0.25, -0.2) is 13.1 Å². The van der Waals surface area contributed by atoms with E-state index in [0.29, 0.717) is 25.2 Å². The smallest absolute Gasteiger partial charge is 0.253 e. The Labute approximate surface area is 132 Å². The highest BCUT2D eigenvalue weighted by Gasteiger charge is 2.27. The van der Waals surface area contributed by atoms with Gasteiger partial charge in [0.05, 0.1) is 0 Å². The van der Waals surface area contributed by atoms with Gasteiger partial charge in [-0.05, 0) is 38.3 Å². The molecule has 0 spiro atoms. The summed E-state index contributed by atoms with van der Waals surface area (Å²) >= 11 is 0. The molecule has 0 unspecified atom stereocenters. The molecule has 1 heterocycles. The first kappa shape index (κ1) is 16.7. The molecule has 1 N–H and O–H groups in total. The maximum atomic E-state index is 12.5. The predicted molar refractivity (Wildman–Crippen MR) is 87.0 cm³/mol. The minimum absolute atomic E-state index is 0.0147. The normalized spacial score (nSPS) is 18.5. The first-order valence-electron chi connectivity index (χ1n) is 7.30. The fourth-order valence-electron chi connectivity index (χ4n) is 2.76. The van der Waals surface area contributed by atoms with Gasteiger partial charge in [0.1, 0.15) is 0 Å². The Morgan fingerprint density at radius 3 is 2.59 bits per heavy atom. The van der Waals surface area contributed by atoms with Crippen LogP contribution in [0.15, 0.2) is 30.2 Å². The van der Waals surface area contributed by atoms with E-state index in [1.165, 1.54) is 0 Å². The molecule has 0 aromatic heterocycles. The van der Waals surface area contributed by atoms with Gasteiger partial charge in [-0.2, -0.15) is 0 Å². The zero-order valence-electron chi connectivity index (χ0n) is 13.0. The van der Waals surface area contributed by atoms with Gasteiger partial charge in [-0.3, -0.25) is 4.79 Å². The summed E-state index contributed by atoms with van der Waals surface area (Å²) in [6.07, 6.45) is 0.802. The summed E-state index contributed by atoms with van der Waals surface area (Å²) in [5.41, 5.74) is 2.83. The predicted octanol–water partition coefficient (Wildman–Crippen LogP) is 1.83. The lowest BCUT2D eigenvalue weighted by molar-refractivity contribution is 0.0787. The van der Waals surface area contributed by atoms with Crippen molar-refractivity contribution in [3.8, 4) is 0 Å². The molecule has 1 amide bonds. The standard InChI is InChI=1S/C16H22N2O3S/c1-4-22(20,21)17-10-14-5-6-18(11-14)16(19)15-8-12(2)7-13(3)9-15/h4,7-9,14,17H,1,5-6,10-11H2,2-3H3/t14-/m1/s1. The molecule has 1 saturated heterocycles. The van der Waals surface area contributed by atoms with E-state index in [9.17, 15) is 13.2 Å². The summed E-state index contributed by atoms with van der Waals surface area (Å²) < 4.78 is 25.2. The summed E-state index contributed by atoms with van der Waals surface area (Å²) in [5.74, 6) is 0.158. The van der Waals surface area contributed by atoms with Gasteiger partial charge in [-0.15, -0.1) is 0 Å². The van der Waals surface area contributed by atoms with Crippen LogP contribution in [0, 0.1) is 19.8 Å². The van der Waals surface area contributed by atoms with Crippen LogP contribution in [0.4, 0.5) is 0 Å². The van der Waals surface area contributed by atoms with E-state index < -0.39 is 10.0 Å². The average Bonchev–Trinajstić information content (AvgIpc) is 2.92. The largest absolute Gasteiger partial charge is 0.338 e. The Morgan fingerprint density at radius 2 is 2.00 bits per heavy atom. The number of carbonyl (C=O) groups excluding carboxylic acids is 1. The summed E-state index contributed by atoms with van der Waals surface area (Å²) in [4.78, 5) is 14.3. The summed E-state index contributed by atoms with van der Waals surface area (Å²) in [6.45, 7) is 8.78. The molecule has 1 aliphatic heterocycles. The maximum Gasteiger partial charge on any atom is 0.253 e. The molecular formula is C16H22N2O3S. The molecule has 1 fully saturated rings. The first-order valence-corrected chi connectivity index (χ1v) is 8.85. The van der Waals surface area contributed by atoms with Crippen molar-refractivity contribution in [2.45, 2.75) is 20.3 Å². The Balaban J connectivity index is 1.98. The maximum absolute atomic E-state index is 12.5. The molecule has 0 aliphatic carbocycles. The van der Waals surface area contributed by atoms with E-state index in [4.69, 9.17) is 0 Å². The van der Waals surface area contributed by atoms with Crippen LogP contribution in [0.5, 0.6) is 0 Å². The average molecular weight is 322 g/mol. The number of benzene rings is 1. The van der Waals surface area contributed by atoms with Gasteiger partial charge in [0.2, 0.25) is 10.0 Å². The van der Waals surface area contributed by atoms with Gasteiger partial charge >= 0.3 is 0 Å². The molecular weight excluding hydrogens is 300 g/mol. The fourth-order valence-corrected chi connectivity index (χ4v) is 3.34. The van der Waals surface area contributed by atoms with Crippen LogP contribution in [0.1, 0.15) is 27.9 Å². The van der Waals surface area contributed by atoms with Crippen LogP contribution in [0.25, 0.3) is 0 Å². The van der Waals surface area contributed by atoms with Gasteiger partial charge in [0.25, 0.3) is 5.91 Å². The molecule has 2 rings (SSSR count). The van der Waals surface area contributed by atoms with E-state index in [2.05, 4.69) is 11.3 Å². The van der Waals surface area contributed by atoms with Crippen molar-refractivity contribution in [3.63, 3.8) is 0 Å². The lowest BCUT2D eigenvalue weighted by atomic mass is 10.1. The van der Waals surface area contributed by atoms with Crippen LogP contribution >= 0.6 is 0 Å². The number of likely N-dealkylation sites (tertiary alicyclic amines) is 1. The molecule has 22 heavy (non-hydrogen) atoms. The van der Waals surface area contributed by atoms with Crippen LogP contribution in [0.2, 0.25) is 0 Å². The Bertz CT molecular complexity index is 662. The summed E-state index contributed by atoms with van der Waals surface area (Å²) in [5, 5.41) is 0.903. The van der Waals surface area contributed by atoms with Crippen LogP contribution in [-0.2, 0) is 10.0 Å². The zero-order valence-corrected chi connectivity index (χ0v) is 13.8. The van der Waals surface area contributed by atoms with E-state index in [1.807, 2.05) is 32.0 Å². The lowest BCUT2D eigenvalue weighted by Crippen LogP contribution is -2.32. The molecule has 1 aliphatic rings. The molecule has 1 aromatic carbocycles. The summed E-state index contributed by atoms with van der Waals surface area (Å²) in [7, 11) is -3.40. The summed E-state index contributed by atoms with van der Waals surface area (Å²) in [6, 6.07) is 5.82. The minimum Gasteiger partial charge on any atom is -0.338 e. The van der Waals surface area contributed by atoms with E-state index in [-0.39, 0.29) is 11.8 Å². The highest BCUT2D eigenvalue weighted by atomic mass is 32.2. The molecule has 120 valence electrons. The number of aryl methyl sites for hydroxylation is 2. The third kappa shape index (κ3) is 4.18. The zero-order chi connectivity index (χ0) is 16.3. The topological polar surface area (TPSA) is 66.5 Å². The van der Waals surface area contributed by atoms with Crippen LogP contribution < -0.4 is 4.72 Å². The third-order valence-corrected chi connectivity index (χ3v) is 4.84. The Hall–Kier alpha value is -1.66. The molecule has 5 nitrogen and oxygen atoms in total. The highest BCUT2D eigenvalue weighted by molar-refractivity contribution is 7.92. The number of nitrogens with one attached hydrogen (secondary N) is 1. The number of carbonyl (C=O) groups is 1. The third-order valence-electron chi connectivity index (χ3n) is 3.83. The molecule has 0 saturated carbocycles. The van der Waals surface area contributed by atoms with Crippen LogP contribution in [0.3, 0.4) is 0 Å². The van der Waals surface area contributed by atoms with Gasteiger partial charge in [0, 0.05) is 30.6 Å². The van der Waals surface area contributed by atoms with Crippen LogP contribution in [-0.4, -0.2) is 38.9 Å². The van der Waals surface area contributed by atoms with Crippen molar-refractivity contribution in [3.05, 3.63) is 46.9 Å².